The molecule has 12 atom stereocenters. The van der Waals surface area contributed by atoms with Crippen LogP contribution in [0.1, 0.15) is 348 Å². The molecule has 0 aliphatic carbocycles. The van der Waals surface area contributed by atoms with Gasteiger partial charge in [-0.15, -0.1) is 0 Å². The van der Waals surface area contributed by atoms with Gasteiger partial charge < -0.3 is 65.1 Å². The van der Waals surface area contributed by atoms with Gasteiger partial charge in [-0.2, -0.15) is 0 Å². The Morgan fingerprint density at radius 3 is 1.06 bits per heavy atom. The highest BCUT2D eigenvalue weighted by atomic mass is 16.7. The number of amides is 1. The molecule has 2 aliphatic rings. The molecule has 0 spiro atoms. The van der Waals surface area contributed by atoms with E-state index in [0.717, 1.165) is 103 Å². The van der Waals surface area contributed by atoms with Crippen molar-refractivity contribution in [3.05, 3.63) is 97.2 Å². The smallest absolute Gasteiger partial charge is 0.220 e. The second kappa shape index (κ2) is 69.0. The first-order valence-corrected chi connectivity index (χ1v) is 41.5. The summed E-state index contributed by atoms with van der Waals surface area (Å²) < 4.78 is 23.0. The van der Waals surface area contributed by atoms with Gasteiger partial charge in [-0.1, -0.05) is 361 Å². The molecule has 2 saturated heterocycles. The summed E-state index contributed by atoms with van der Waals surface area (Å²) in [6.07, 6.45) is 81.6. The van der Waals surface area contributed by atoms with Crippen molar-refractivity contribution in [3.63, 3.8) is 0 Å². The van der Waals surface area contributed by atoms with Crippen molar-refractivity contribution in [2.24, 2.45) is 0 Å². The van der Waals surface area contributed by atoms with Crippen molar-refractivity contribution >= 4 is 5.91 Å². The normalized spacial score (nSPS) is 22.3. The molecule has 0 saturated carbocycles. The van der Waals surface area contributed by atoms with Crippen molar-refractivity contribution in [2.45, 2.75) is 421 Å². The van der Waals surface area contributed by atoms with Gasteiger partial charge in [0.05, 0.1) is 32.0 Å². The summed E-state index contributed by atoms with van der Waals surface area (Å²) in [5.41, 5.74) is 0. The standard InChI is InChI=1S/C86H153NO13/c1-3-5-7-9-11-13-15-17-19-21-23-25-27-29-31-33-35-37-39-41-43-45-47-49-51-53-55-57-59-61-63-65-67-69-75(90)74(73-97-85-83(96)81(94)84(77(72-89)99-85)100-86-82(95)80(93)79(92)76(71-88)98-86)87-78(91)70-68-66-64-62-60-58-56-54-52-50-48-46-44-42-40-38-36-34-32-30-28-26-24-22-20-18-16-14-12-10-8-6-4-2/h6,8,12,14,18,20,24,26,30,32,36,38,42,44,48,50,74-77,79-86,88-90,92-96H,3-5,7,9-11,13,15-17,19,21-23,25,27-29,31,33-35,37,39-41,43,45-47,49,51-73H2,1-2H3,(H,87,91)/b8-6-,14-12-,20-18-,26-24-,32-30-,38-36-,44-42-,50-48-. The largest absolute Gasteiger partial charge is 0.394 e. The molecule has 1 amide bonds. The minimum absolute atomic E-state index is 0.214. The van der Waals surface area contributed by atoms with E-state index in [1.165, 1.54) is 212 Å². The second-order valence-electron chi connectivity index (χ2n) is 28.9. The predicted molar refractivity (Wildman–Crippen MR) is 415 cm³/mol. The molecule has 9 N–H and O–H groups in total. The zero-order valence-corrected chi connectivity index (χ0v) is 63.7. The van der Waals surface area contributed by atoms with Crippen LogP contribution in [-0.4, -0.2) is 140 Å². The second-order valence-corrected chi connectivity index (χ2v) is 28.9. The molecule has 0 bridgehead atoms. The van der Waals surface area contributed by atoms with E-state index in [9.17, 15) is 45.6 Å². The number of hydrogen-bond donors (Lipinski definition) is 9. The average molecular weight is 1410 g/mol. The number of unbranched alkanes of at least 4 members (excludes halogenated alkanes) is 40. The first-order chi connectivity index (χ1) is 49.1. The van der Waals surface area contributed by atoms with Crippen LogP contribution in [0, 0.1) is 0 Å². The van der Waals surface area contributed by atoms with Gasteiger partial charge in [0.1, 0.15) is 48.8 Å². The molecule has 2 heterocycles. The topological polar surface area (TPSA) is 228 Å². The van der Waals surface area contributed by atoms with Gasteiger partial charge in [-0.3, -0.25) is 4.79 Å². The van der Waals surface area contributed by atoms with Crippen LogP contribution < -0.4 is 5.32 Å². The Bertz CT molecular complexity index is 2050. The Labute approximate surface area is 611 Å². The third kappa shape index (κ3) is 51.2. The van der Waals surface area contributed by atoms with Crippen molar-refractivity contribution < 1.29 is 64.6 Å². The van der Waals surface area contributed by atoms with Gasteiger partial charge >= 0.3 is 0 Å². The van der Waals surface area contributed by atoms with Crippen molar-refractivity contribution in [3.8, 4) is 0 Å². The summed E-state index contributed by atoms with van der Waals surface area (Å²) >= 11 is 0. The zero-order valence-electron chi connectivity index (χ0n) is 63.7. The Morgan fingerprint density at radius 2 is 0.690 bits per heavy atom. The fourth-order valence-corrected chi connectivity index (χ4v) is 13.3. The molecule has 12 unspecified atom stereocenters. The van der Waals surface area contributed by atoms with Crippen LogP contribution in [0.4, 0.5) is 0 Å². The van der Waals surface area contributed by atoms with E-state index in [0.29, 0.717) is 12.8 Å². The van der Waals surface area contributed by atoms with Gasteiger partial charge in [0.25, 0.3) is 0 Å². The van der Waals surface area contributed by atoms with Crippen LogP contribution in [0.15, 0.2) is 97.2 Å². The maximum atomic E-state index is 13.4. The summed E-state index contributed by atoms with van der Waals surface area (Å²) in [4.78, 5) is 13.4. The van der Waals surface area contributed by atoms with Gasteiger partial charge in [0, 0.05) is 6.42 Å². The van der Waals surface area contributed by atoms with Gasteiger partial charge in [0.15, 0.2) is 12.6 Å². The highest BCUT2D eigenvalue weighted by Crippen LogP contribution is 2.30. The van der Waals surface area contributed by atoms with E-state index in [1.54, 1.807) is 0 Å². The third-order valence-corrected chi connectivity index (χ3v) is 19.8. The fraction of sp³-hybridized carbons (Fsp3) is 0.802. The van der Waals surface area contributed by atoms with Crippen LogP contribution in [-0.2, 0) is 23.7 Å². The molecular formula is C86H153NO13. The van der Waals surface area contributed by atoms with E-state index in [2.05, 4.69) is 116 Å². The maximum Gasteiger partial charge on any atom is 0.220 e. The molecule has 100 heavy (non-hydrogen) atoms. The lowest BCUT2D eigenvalue weighted by Crippen LogP contribution is -2.65. The van der Waals surface area contributed by atoms with Crippen LogP contribution >= 0.6 is 0 Å². The third-order valence-electron chi connectivity index (χ3n) is 19.8. The summed E-state index contributed by atoms with van der Waals surface area (Å²) in [7, 11) is 0. The number of nitrogens with one attached hydrogen (secondary N) is 1. The highest BCUT2D eigenvalue weighted by molar-refractivity contribution is 5.76. The fourth-order valence-electron chi connectivity index (χ4n) is 13.3. The molecule has 0 radical (unpaired) electrons. The number of carbonyl (C=O) groups excluding carboxylic acids is 1. The highest BCUT2D eigenvalue weighted by Gasteiger charge is 2.51. The molecule has 14 heteroatoms. The quantitative estimate of drug-likeness (QED) is 0.0204. The van der Waals surface area contributed by atoms with Gasteiger partial charge in [-0.25, -0.2) is 0 Å². The lowest BCUT2D eigenvalue weighted by molar-refractivity contribution is -0.359. The van der Waals surface area contributed by atoms with Crippen molar-refractivity contribution in [1.29, 1.82) is 0 Å². The average Bonchev–Trinajstić information content (AvgIpc) is 0.791. The summed E-state index contributed by atoms with van der Waals surface area (Å²) in [5.74, 6) is -0.214. The summed E-state index contributed by atoms with van der Waals surface area (Å²) in [6.45, 7) is 2.79. The van der Waals surface area contributed by atoms with Crippen molar-refractivity contribution in [1.82, 2.24) is 5.32 Å². The van der Waals surface area contributed by atoms with E-state index >= 15 is 0 Å². The van der Waals surface area contributed by atoms with Gasteiger partial charge in [0.2, 0.25) is 5.91 Å². The summed E-state index contributed by atoms with van der Waals surface area (Å²) in [5, 5.41) is 87.9. The number of aliphatic hydroxyl groups is 8. The Balaban J connectivity index is 1.61. The van der Waals surface area contributed by atoms with Crippen LogP contribution in [0.25, 0.3) is 0 Å². The number of allylic oxidation sites excluding steroid dienone is 16. The molecule has 2 fully saturated rings. The predicted octanol–water partition coefficient (Wildman–Crippen LogP) is 19.2. The minimum Gasteiger partial charge on any atom is -0.394 e. The van der Waals surface area contributed by atoms with Crippen molar-refractivity contribution in [2.75, 3.05) is 19.8 Å². The molecule has 14 nitrogen and oxygen atoms in total. The molecule has 0 aromatic carbocycles. The molecule has 2 rings (SSSR count). The molecule has 0 aromatic rings. The van der Waals surface area contributed by atoms with E-state index in [-0.39, 0.29) is 18.9 Å². The number of rotatable bonds is 69. The van der Waals surface area contributed by atoms with Crippen LogP contribution in [0.3, 0.4) is 0 Å². The van der Waals surface area contributed by atoms with Gasteiger partial charge in [-0.05, 0) is 77.0 Å². The number of hydrogen-bond acceptors (Lipinski definition) is 13. The minimum atomic E-state index is -1.79. The monoisotopic (exact) mass is 1410 g/mol. The number of carbonyl (C=O) groups is 1. The summed E-state index contributed by atoms with van der Waals surface area (Å²) in [6, 6.07) is -0.843. The number of aliphatic hydroxyl groups excluding tert-OH is 8. The van der Waals surface area contributed by atoms with E-state index < -0.39 is 86.8 Å². The Kier molecular flexibility index (Phi) is 64.1. The molecule has 580 valence electrons. The first-order valence-electron chi connectivity index (χ1n) is 41.5. The Hall–Kier alpha value is -3.09. The lowest BCUT2D eigenvalue weighted by Gasteiger charge is -2.46. The lowest BCUT2D eigenvalue weighted by atomic mass is 9.97. The molecular weight excluding hydrogens is 1250 g/mol. The maximum absolute atomic E-state index is 13.4. The van der Waals surface area contributed by atoms with E-state index in [1.807, 2.05) is 0 Å². The van der Waals surface area contributed by atoms with Crippen LogP contribution in [0.5, 0.6) is 0 Å². The first kappa shape index (κ1) is 93.0. The Morgan fingerprint density at radius 1 is 0.370 bits per heavy atom. The number of ether oxygens (including phenoxy) is 4. The van der Waals surface area contributed by atoms with E-state index in [4.69, 9.17) is 18.9 Å². The van der Waals surface area contributed by atoms with Crippen LogP contribution in [0.2, 0.25) is 0 Å². The molecule has 2 aliphatic heterocycles. The zero-order chi connectivity index (χ0) is 72.2. The SMILES string of the molecule is CC/C=C\C/C=C\C/C=C\C/C=C\C/C=C\C/C=C\C/C=C\C/C=C\CCCCCCCCCCC(=O)NC(COC1OC(CO)C(OC2OC(CO)C(O)C(O)C2O)C(O)C1O)C(O)CCCCCCCCCCCCCCCCCCCCCCCCCCCCCCCCCCC. The molecule has 0 aromatic heterocycles.